The number of ether oxygens (including phenoxy) is 1. The number of carbonyl (C=O) groups excluding carboxylic acids is 1. The van der Waals surface area contributed by atoms with Crippen molar-refractivity contribution in [3.63, 3.8) is 0 Å². The summed E-state index contributed by atoms with van der Waals surface area (Å²) in [5, 5.41) is 0. The molecular weight excluding hydrogens is 324 g/mol. The van der Waals surface area contributed by atoms with Gasteiger partial charge in [0.15, 0.2) is 0 Å². The fourth-order valence-corrected chi connectivity index (χ4v) is 2.72. The molecular formula is C11H10Br2O2. The number of hydrogen-bond acceptors (Lipinski definition) is 2. The van der Waals surface area contributed by atoms with E-state index in [1.165, 1.54) is 12.8 Å². The number of benzene rings is 1. The molecule has 2 rings (SSSR count). The molecule has 0 aromatic heterocycles. The Morgan fingerprint density at radius 1 is 1.33 bits per heavy atom. The van der Waals surface area contributed by atoms with E-state index < -0.39 is 0 Å². The zero-order valence-electron chi connectivity index (χ0n) is 8.00. The molecule has 1 aromatic carbocycles. The van der Waals surface area contributed by atoms with Gasteiger partial charge in [-0.15, -0.1) is 0 Å². The van der Waals surface area contributed by atoms with Gasteiger partial charge in [0.25, 0.3) is 0 Å². The first-order valence-electron chi connectivity index (χ1n) is 4.77. The standard InChI is InChI=1S/C11H10Br2O2/c12-9-3-8(5-14)4-10(13)11(9)15-6-7-1-2-7/h3-5,7H,1-2,6H2. The third-order valence-electron chi connectivity index (χ3n) is 2.32. The average Bonchev–Trinajstić information content (AvgIpc) is 3.00. The maximum atomic E-state index is 10.6. The van der Waals surface area contributed by atoms with E-state index in [4.69, 9.17) is 4.74 Å². The summed E-state index contributed by atoms with van der Waals surface area (Å²) in [5.74, 6) is 1.50. The third kappa shape index (κ3) is 2.82. The van der Waals surface area contributed by atoms with Gasteiger partial charge in [-0.3, -0.25) is 4.79 Å². The minimum atomic E-state index is 0.632. The van der Waals surface area contributed by atoms with Gasteiger partial charge in [-0.25, -0.2) is 0 Å². The molecule has 4 heteroatoms. The molecule has 1 saturated carbocycles. The van der Waals surface area contributed by atoms with Crippen molar-refractivity contribution in [2.45, 2.75) is 12.8 Å². The number of carbonyl (C=O) groups is 1. The minimum Gasteiger partial charge on any atom is -0.491 e. The molecule has 0 atom stereocenters. The van der Waals surface area contributed by atoms with Gasteiger partial charge in [0.2, 0.25) is 0 Å². The second-order valence-corrected chi connectivity index (χ2v) is 5.39. The molecule has 0 heterocycles. The molecule has 1 aromatic rings. The Hall–Kier alpha value is -0.350. The van der Waals surface area contributed by atoms with Gasteiger partial charge in [0.05, 0.1) is 15.6 Å². The van der Waals surface area contributed by atoms with Crippen LogP contribution in [0.25, 0.3) is 0 Å². The van der Waals surface area contributed by atoms with Crippen molar-refractivity contribution in [3.05, 3.63) is 26.6 Å². The van der Waals surface area contributed by atoms with Crippen molar-refractivity contribution < 1.29 is 9.53 Å². The van der Waals surface area contributed by atoms with E-state index in [9.17, 15) is 4.79 Å². The second kappa shape index (κ2) is 4.66. The molecule has 1 aliphatic carbocycles. The lowest BCUT2D eigenvalue weighted by atomic mass is 10.2. The summed E-state index contributed by atoms with van der Waals surface area (Å²) in [6, 6.07) is 3.53. The number of halogens is 2. The fourth-order valence-electron chi connectivity index (χ4n) is 1.27. The Morgan fingerprint density at radius 2 is 1.93 bits per heavy atom. The van der Waals surface area contributed by atoms with Gasteiger partial charge in [-0.05, 0) is 62.8 Å². The summed E-state index contributed by atoms with van der Waals surface area (Å²) < 4.78 is 7.32. The van der Waals surface area contributed by atoms with E-state index in [0.29, 0.717) is 5.56 Å². The van der Waals surface area contributed by atoms with Crippen molar-refractivity contribution in [2.24, 2.45) is 5.92 Å². The first-order valence-corrected chi connectivity index (χ1v) is 6.36. The lowest BCUT2D eigenvalue weighted by Gasteiger charge is -2.10. The highest BCUT2D eigenvalue weighted by molar-refractivity contribution is 9.11. The molecule has 0 unspecified atom stereocenters. The molecule has 0 saturated heterocycles. The first-order chi connectivity index (χ1) is 7.20. The van der Waals surface area contributed by atoms with Crippen LogP contribution in [0.15, 0.2) is 21.1 Å². The van der Waals surface area contributed by atoms with E-state index >= 15 is 0 Å². The lowest BCUT2D eigenvalue weighted by Crippen LogP contribution is -2.00. The number of rotatable bonds is 4. The van der Waals surface area contributed by atoms with E-state index in [2.05, 4.69) is 31.9 Å². The maximum absolute atomic E-state index is 10.6. The first kappa shape index (κ1) is 11.1. The van der Waals surface area contributed by atoms with Crippen LogP contribution in [0.1, 0.15) is 23.2 Å². The molecule has 0 bridgehead atoms. The summed E-state index contributed by atoms with van der Waals surface area (Å²) in [5.41, 5.74) is 0.632. The van der Waals surface area contributed by atoms with Crippen LogP contribution in [0, 0.1) is 5.92 Å². The number of aldehydes is 1. The van der Waals surface area contributed by atoms with Crippen molar-refractivity contribution in [3.8, 4) is 5.75 Å². The predicted octanol–water partition coefficient (Wildman–Crippen LogP) is 3.81. The van der Waals surface area contributed by atoms with Gasteiger partial charge >= 0.3 is 0 Å². The van der Waals surface area contributed by atoms with Crippen LogP contribution in [0.2, 0.25) is 0 Å². The Bertz CT molecular complexity index is 363. The van der Waals surface area contributed by atoms with Crippen LogP contribution < -0.4 is 4.74 Å². The van der Waals surface area contributed by atoms with Crippen LogP contribution in [-0.4, -0.2) is 12.9 Å². The summed E-state index contributed by atoms with van der Waals surface area (Å²) in [4.78, 5) is 10.6. The highest BCUT2D eigenvalue weighted by Gasteiger charge is 2.22. The average molecular weight is 334 g/mol. The third-order valence-corrected chi connectivity index (χ3v) is 3.50. The van der Waals surface area contributed by atoms with Crippen molar-refractivity contribution in [1.82, 2.24) is 0 Å². The fraction of sp³-hybridized carbons (Fsp3) is 0.364. The van der Waals surface area contributed by atoms with Gasteiger partial charge < -0.3 is 4.74 Å². The molecule has 0 radical (unpaired) electrons. The van der Waals surface area contributed by atoms with Gasteiger partial charge in [-0.2, -0.15) is 0 Å². The topological polar surface area (TPSA) is 26.3 Å². The molecule has 1 aliphatic rings. The smallest absolute Gasteiger partial charge is 0.150 e. The summed E-state index contributed by atoms with van der Waals surface area (Å²) in [6.45, 7) is 0.762. The zero-order valence-corrected chi connectivity index (χ0v) is 11.2. The maximum Gasteiger partial charge on any atom is 0.150 e. The summed E-state index contributed by atoms with van der Waals surface area (Å²) in [7, 11) is 0. The largest absolute Gasteiger partial charge is 0.491 e. The van der Waals surface area contributed by atoms with Crippen LogP contribution >= 0.6 is 31.9 Å². The zero-order chi connectivity index (χ0) is 10.8. The second-order valence-electron chi connectivity index (χ2n) is 3.69. The minimum absolute atomic E-state index is 0.632. The Kier molecular flexibility index (Phi) is 3.46. The molecule has 80 valence electrons. The van der Waals surface area contributed by atoms with Gasteiger partial charge in [0.1, 0.15) is 12.0 Å². The van der Waals surface area contributed by atoms with E-state index in [1.54, 1.807) is 12.1 Å². The van der Waals surface area contributed by atoms with Crippen LogP contribution in [0.3, 0.4) is 0 Å². The Balaban J connectivity index is 2.17. The monoisotopic (exact) mass is 332 g/mol. The molecule has 0 spiro atoms. The van der Waals surface area contributed by atoms with Crippen molar-refractivity contribution >= 4 is 38.1 Å². The molecule has 0 N–H and O–H groups in total. The van der Waals surface area contributed by atoms with Gasteiger partial charge in [-0.1, -0.05) is 0 Å². The molecule has 2 nitrogen and oxygen atoms in total. The molecule has 0 aliphatic heterocycles. The quantitative estimate of drug-likeness (QED) is 0.783. The summed E-state index contributed by atoms with van der Waals surface area (Å²) >= 11 is 6.79. The molecule has 1 fully saturated rings. The van der Waals surface area contributed by atoms with Crippen LogP contribution in [0.4, 0.5) is 0 Å². The lowest BCUT2D eigenvalue weighted by molar-refractivity contribution is 0.112. The predicted molar refractivity (Wildman–Crippen MR) is 65.4 cm³/mol. The summed E-state index contributed by atoms with van der Waals surface area (Å²) in [6.07, 6.45) is 3.35. The van der Waals surface area contributed by atoms with E-state index in [0.717, 1.165) is 33.5 Å². The molecule has 0 amide bonds. The highest BCUT2D eigenvalue weighted by Crippen LogP contribution is 2.36. The van der Waals surface area contributed by atoms with Gasteiger partial charge in [0, 0.05) is 5.56 Å². The Morgan fingerprint density at radius 3 is 2.40 bits per heavy atom. The number of hydrogen-bond donors (Lipinski definition) is 0. The van der Waals surface area contributed by atoms with Crippen LogP contribution in [-0.2, 0) is 0 Å². The SMILES string of the molecule is O=Cc1cc(Br)c(OCC2CC2)c(Br)c1. The van der Waals surface area contributed by atoms with E-state index in [1.807, 2.05) is 0 Å². The molecule has 15 heavy (non-hydrogen) atoms. The van der Waals surface area contributed by atoms with Crippen molar-refractivity contribution in [1.29, 1.82) is 0 Å². The van der Waals surface area contributed by atoms with Crippen molar-refractivity contribution in [2.75, 3.05) is 6.61 Å². The highest BCUT2D eigenvalue weighted by atomic mass is 79.9. The van der Waals surface area contributed by atoms with Crippen LogP contribution in [0.5, 0.6) is 5.75 Å². The Labute approximate surface area is 105 Å². The van der Waals surface area contributed by atoms with E-state index in [-0.39, 0.29) is 0 Å². The normalized spacial score (nSPS) is 15.1.